The average Bonchev–Trinajstić information content (AvgIpc) is 2.71. The molecule has 2 aromatic carbocycles. The van der Waals surface area contributed by atoms with E-state index >= 15 is 0 Å². The van der Waals surface area contributed by atoms with Gasteiger partial charge in [-0.2, -0.15) is 0 Å². The zero-order chi connectivity index (χ0) is 23.7. The van der Waals surface area contributed by atoms with E-state index in [1.807, 2.05) is 0 Å². The summed E-state index contributed by atoms with van der Waals surface area (Å²) in [4.78, 5) is 34.9. The molecule has 0 aliphatic rings. The van der Waals surface area contributed by atoms with E-state index in [9.17, 15) is 19.5 Å². The van der Waals surface area contributed by atoms with Crippen LogP contribution in [-0.2, 0) is 33.8 Å². The number of amides is 2. The van der Waals surface area contributed by atoms with Crippen molar-refractivity contribution < 1.29 is 29.0 Å². The minimum absolute atomic E-state index is 0.0709. The van der Waals surface area contributed by atoms with Gasteiger partial charge in [-0.1, -0.05) is 53.5 Å². The Hall–Kier alpha value is -2.81. The SMILES string of the molecule is CC(C)OC(Cc1ccc(CNC(=O)OC(=O)NCc2ccc(Cl)cc2Cl)cc1)C(=O)O. The molecule has 0 saturated heterocycles. The van der Waals surface area contributed by atoms with Gasteiger partial charge in [-0.15, -0.1) is 0 Å². The molecule has 0 spiro atoms. The van der Waals surface area contributed by atoms with E-state index in [1.54, 1.807) is 56.3 Å². The summed E-state index contributed by atoms with van der Waals surface area (Å²) in [5, 5.41) is 15.0. The van der Waals surface area contributed by atoms with Crippen LogP contribution in [0, 0.1) is 0 Å². The van der Waals surface area contributed by atoms with Crippen molar-refractivity contribution in [3.8, 4) is 0 Å². The fourth-order valence-electron chi connectivity index (χ4n) is 2.69. The molecular formula is C22H24Cl2N2O6. The summed E-state index contributed by atoms with van der Waals surface area (Å²) < 4.78 is 10.0. The number of carboxylic acids is 1. The summed E-state index contributed by atoms with van der Waals surface area (Å²) in [5.41, 5.74) is 2.15. The normalized spacial score (nSPS) is 11.7. The van der Waals surface area contributed by atoms with Crippen LogP contribution in [0.15, 0.2) is 42.5 Å². The first kappa shape index (κ1) is 25.5. The van der Waals surface area contributed by atoms with E-state index in [2.05, 4.69) is 15.4 Å². The van der Waals surface area contributed by atoms with Crippen molar-refractivity contribution in [1.29, 1.82) is 0 Å². The highest BCUT2D eigenvalue weighted by molar-refractivity contribution is 6.35. The molecule has 0 aliphatic carbocycles. The van der Waals surface area contributed by atoms with E-state index in [0.29, 0.717) is 15.6 Å². The van der Waals surface area contributed by atoms with Gasteiger partial charge in [0.2, 0.25) is 0 Å². The first-order chi connectivity index (χ1) is 15.1. The van der Waals surface area contributed by atoms with Crippen molar-refractivity contribution in [3.05, 3.63) is 69.2 Å². The van der Waals surface area contributed by atoms with Crippen molar-refractivity contribution in [2.45, 2.75) is 45.6 Å². The zero-order valence-electron chi connectivity index (χ0n) is 17.6. The number of ether oxygens (including phenoxy) is 2. The molecule has 0 radical (unpaired) electrons. The summed E-state index contributed by atoms with van der Waals surface area (Å²) in [7, 11) is 0. The minimum Gasteiger partial charge on any atom is -0.479 e. The molecule has 32 heavy (non-hydrogen) atoms. The van der Waals surface area contributed by atoms with Crippen LogP contribution in [0.2, 0.25) is 10.0 Å². The maximum absolute atomic E-state index is 11.8. The molecule has 1 atom stereocenters. The highest BCUT2D eigenvalue weighted by Gasteiger charge is 2.20. The predicted molar refractivity (Wildman–Crippen MR) is 120 cm³/mol. The molecule has 2 rings (SSSR count). The van der Waals surface area contributed by atoms with Gasteiger partial charge in [0, 0.05) is 29.6 Å². The average molecular weight is 483 g/mol. The second-order valence-corrected chi connectivity index (χ2v) is 8.00. The van der Waals surface area contributed by atoms with Crippen molar-refractivity contribution in [1.82, 2.24) is 10.6 Å². The van der Waals surface area contributed by atoms with Crippen LogP contribution in [0.3, 0.4) is 0 Å². The Balaban J connectivity index is 1.77. The Morgan fingerprint density at radius 2 is 1.53 bits per heavy atom. The van der Waals surface area contributed by atoms with Crippen molar-refractivity contribution in [2.24, 2.45) is 0 Å². The van der Waals surface area contributed by atoms with E-state index in [4.69, 9.17) is 27.9 Å². The third-order valence-electron chi connectivity index (χ3n) is 4.22. The second-order valence-electron chi connectivity index (χ2n) is 7.15. The monoisotopic (exact) mass is 482 g/mol. The number of carbonyl (C=O) groups is 3. The topological polar surface area (TPSA) is 114 Å². The van der Waals surface area contributed by atoms with Gasteiger partial charge in [-0.25, -0.2) is 14.4 Å². The number of carbonyl (C=O) groups excluding carboxylic acids is 2. The van der Waals surface area contributed by atoms with E-state index in [1.165, 1.54) is 0 Å². The van der Waals surface area contributed by atoms with E-state index in [-0.39, 0.29) is 25.6 Å². The van der Waals surface area contributed by atoms with E-state index < -0.39 is 24.3 Å². The molecule has 0 bridgehead atoms. The molecule has 2 aromatic rings. The van der Waals surface area contributed by atoms with Gasteiger partial charge in [0.1, 0.15) is 0 Å². The highest BCUT2D eigenvalue weighted by atomic mass is 35.5. The minimum atomic E-state index is -1.02. The zero-order valence-corrected chi connectivity index (χ0v) is 19.1. The number of hydrogen-bond acceptors (Lipinski definition) is 5. The van der Waals surface area contributed by atoms with Gasteiger partial charge < -0.3 is 25.2 Å². The fraction of sp³-hybridized carbons (Fsp3) is 0.318. The highest BCUT2D eigenvalue weighted by Crippen LogP contribution is 2.20. The molecule has 10 heteroatoms. The number of carboxylic acid groups (broad SMARTS) is 1. The lowest BCUT2D eigenvalue weighted by Gasteiger charge is -2.16. The van der Waals surface area contributed by atoms with Gasteiger partial charge in [-0.05, 0) is 42.7 Å². The predicted octanol–water partition coefficient (Wildman–Crippen LogP) is 4.55. The number of halogens is 2. The number of rotatable bonds is 9. The van der Waals surface area contributed by atoms with Crippen LogP contribution in [0.5, 0.6) is 0 Å². The lowest BCUT2D eigenvalue weighted by molar-refractivity contribution is -0.153. The van der Waals surface area contributed by atoms with Crippen molar-refractivity contribution >= 4 is 41.4 Å². The second kappa shape index (κ2) is 12.3. The molecule has 2 amide bonds. The molecule has 0 aliphatic heterocycles. The van der Waals surface area contributed by atoms with Crippen LogP contribution in [0.25, 0.3) is 0 Å². The first-order valence-corrected chi connectivity index (χ1v) is 10.5. The van der Waals surface area contributed by atoms with Crippen LogP contribution in [-0.4, -0.2) is 35.5 Å². The summed E-state index contributed by atoms with van der Waals surface area (Å²) in [6.45, 7) is 3.75. The molecule has 0 fully saturated rings. The first-order valence-electron chi connectivity index (χ1n) is 9.77. The molecule has 8 nitrogen and oxygen atoms in total. The standard InChI is InChI=1S/C22H24Cl2N2O6/c1-13(2)31-19(20(27)28)9-14-3-5-15(6-4-14)11-25-21(29)32-22(30)26-12-16-7-8-17(23)10-18(16)24/h3-8,10,13,19H,9,11-12H2,1-2H3,(H,25,29)(H,26,30)(H,27,28). The number of nitrogens with one attached hydrogen (secondary N) is 2. The molecular weight excluding hydrogens is 459 g/mol. The summed E-state index contributed by atoms with van der Waals surface area (Å²) in [5.74, 6) is -1.02. The molecule has 0 heterocycles. The largest absolute Gasteiger partial charge is 0.479 e. The maximum Gasteiger partial charge on any atom is 0.416 e. The van der Waals surface area contributed by atoms with Gasteiger partial charge in [0.05, 0.1) is 6.10 Å². The van der Waals surface area contributed by atoms with E-state index in [0.717, 1.165) is 11.1 Å². The Morgan fingerprint density at radius 3 is 2.09 bits per heavy atom. The molecule has 3 N–H and O–H groups in total. The summed E-state index contributed by atoms with van der Waals surface area (Å²) >= 11 is 11.8. The Bertz CT molecular complexity index is 950. The van der Waals surface area contributed by atoms with Gasteiger partial charge >= 0.3 is 18.2 Å². The van der Waals surface area contributed by atoms with Crippen molar-refractivity contribution in [3.63, 3.8) is 0 Å². The Labute approximate surface area is 195 Å². The van der Waals surface area contributed by atoms with Crippen LogP contribution < -0.4 is 10.6 Å². The fourth-order valence-corrected chi connectivity index (χ4v) is 3.17. The van der Waals surface area contributed by atoms with Crippen molar-refractivity contribution in [2.75, 3.05) is 0 Å². The van der Waals surface area contributed by atoms with Gasteiger partial charge in [0.25, 0.3) is 0 Å². The number of benzene rings is 2. The molecule has 1 unspecified atom stereocenters. The number of alkyl carbamates (subject to hydrolysis) is 2. The maximum atomic E-state index is 11.8. The van der Waals surface area contributed by atoms with Crippen LogP contribution >= 0.6 is 23.2 Å². The lowest BCUT2D eigenvalue weighted by atomic mass is 10.1. The molecule has 172 valence electrons. The lowest BCUT2D eigenvalue weighted by Crippen LogP contribution is -2.32. The Kier molecular flexibility index (Phi) is 9.77. The summed E-state index contributed by atoms with van der Waals surface area (Å²) in [6, 6.07) is 11.8. The van der Waals surface area contributed by atoms with Gasteiger partial charge in [-0.3, -0.25) is 0 Å². The third kappa shape index (κ3) is 8.74. The van der Waals surface area contributed by atoms with Crippen LogP contribution in [0.4, 0.5) is 9.59 Å². The Morgan fingerprint density at radius 1 is 0.938 bits per heavy atom. The third-order valence-corrected chi connectivity index (χ3v) is 4.80. The molecule has 0 saturated carbocycles. The molecule has 0 aromatic heterocycles. The summed E-state index contributed by atoms with van der Waals surface area (Å²) in [6.07, 6.45) is -2.75. The smallest absolute Gasteiger partial charge is 0.416 e. The number of hydrogen-bond donors (Lipinski definition) is 3. The van der Waals surface area contributed by atoms with Crippen LogP contribution in [0.1, 0.15) is 30.5 Å². The van der Waals surface area contributed by atoms with Gasteiger partial charge in [0.15, 0.2) is 6.10 Å². The number of aliphatic carboxylic acids is 1. The quantitative estimate of drug-likeness (QED) is 0.451.